The second-order valence-electron chi connectivity index (χ2n) is 4.47. The molecule has 98 valence electrons. The number of hydrogen-bond acceptors (Lipinski definition) is 3. The quantitative estimate of drug-likeness (QED) is 0.777. The second-order valence-corrected chi connectivity index (χ2v) is 4.47. The van der Waals surface area contributed by atoms with Crippen molar-refractivity contribution < 1.29 is 9.59 Å². The summed E-state index contributed by atoms with van der Waals surface area (Å²) in [5.41, 5.74) is 0. The van der Waals surface area contributed by atoms with E-state index in [0.717, 1.165) is 25.9 Å². The van der Waals surface area contributed by atoms with Gasteiger partial charge in [-0.1, -0.05) is 12.8 Å². The molecule has 0 aliphatic carbocycles. The minimum atomic E-state index is -0.404. The van der Waals surface area contributed by atoms with Gasteiger partial charge in [-0.2, -0.15) is 0 Å². The summed E-state index contributed by atoms with van der Waals surface area (Å²) in [6.45, 7) is 6.10. The Hall–Kier alpha value is -1.10. The summed E-state index contributed by atoms with van der Waals surface area (Å²) < 4.78 is 0. The molecule has 0 aromatic carbocycles. The molecule has 1 rings (SSSR count). The Balaban J connectivity index is 2.41. The third-order valence-corrected chi connectivity index (χ3v) is 3.14. The molecule has 3 amide bonds. The third-order valence-electron chi connectivity index (χ3n) is 3.14. The number of imide groups is 1. The number of likely N-dealkylation sites (tertiary alicyclic amines) is 1. The van der Waals surface area contributed by atoms with E-state index in [1.54, 1.807) is 0 Å². The molecule has 0 saturated carbocycles. The predicted octanol–water partition coefficient (Wildman–Crippen LogP) is 1.10. The lowest BCUT2D eigenvalue weighted by Crippen LogP contribution is -2.49. The van der Waals surface area contributed by atoms with E-state index in [4.69, 9.17) is 0 Å². The van der Waals surface area contributed by atoms with E-state index >= 15 is 0 Å². The Morgan fingerprint density at radius 2 is 1.76 bits per heavy atom. The van der Waals surface area contributed by atoms with Gasteiger partial charge < -0.3 is 5.32 Å². The predicted molar refractivity (Wildman–Crippen MR) is 66.7 cm³/mol. The molecule has 5 heteroatoms. The first-order chi connectivity index (χ1) is 8.15. The molecule has 5 nitrogen and oxygen atoms in total. The molecule has 0 aromatic rings. The molecule has 0 spiro atoms. The van der Waals surface area contributed by atoms with Gasteiger partial charge in [0.25, 0.3) is 0 Å². The number of hydrogen-bond donors (Lipinski definition) is 2. The van der Waals surface area contributed by atoms with E-state index in [1.165, 1.54) is 12.8 Å². The van der Waals surface area contributed by atoms with Crippen LogP contribution >= 0.6 is 0 Å². The Morgan fingerprint density at radius 3 is 2.29 bits per heavy atom. The number of urea groups is 1. The fraction of sp³-hybridized carbons (Fsp3) is 0.833. The maximum Gasteiger partial charge on any atom is 0.321 e. The standard InChI is InChI=1S/C12H23N3O2/c1-3-13-12(17)14-11(16)10(2)15-8-6-4-5-7-9-15/h10H,3-9H2,1-2H3,(H2,13,14,16,17). The molecule has 0 bridgehead atoms. The van der Waals surface area contributed by atoms with Gasteiger partial charge in [-0.05, 0) is 39.8 Å². The van der Waals surface area contributed by atoms with Crippen LogP contribution in [0, 0.1) is 0 Å². The Labute approximate surface area is 103 Å². The first kappa shape index (κ1) is 14.0. The van der Waals surface area contributed by atoms with Gasteiger partial charge in [0.05, 0.1) is 6.04 Å². The smallest absolute Gasteiger partial charge is 0.321 e. The second kappa shape index (κ2) is 7.27. The summed E-state index contributed by atoms with van der Waals surface area (Å²) >= 11 is 0. The van der Waals surface area contributed by atoms with Gasteiger partial charge in [0, 0.05) is 6.54 Å². The van der Waals surface area contributed by atoms with E-state index in [-0.39, 0.29) is 11.9 Å². The SMILES string of the molecule is CCNC(=O)NC(=O)C(C)N1CCCCCC1. The lowest BCUT2D eigenvalue weighted by atomic mass is 10.2. The molecule has 1 saturated heterocycles. The molecule has 1 heterocycles. The first-order valence-corrected chi connectivity index (χ1v) is 6.48. The molecule has 2 N–H and O–H groups in total. The molecular weight excluding hydrogens is 218 g/mol. The summed E-state index contributed by atoms with van der Waals surface area (Å²) in [4.78, 5) is 25.2. The lowest BCUT2D eigenvalue weighted by molar-refractivity contribution is -0.124. The highest BCUT2D eigenvalue weighted by atomic mass is 16.2. The topological polar surface area (TPSA) is 61.4 Å². The molecule has 1 fully saturated rings. The first-order valence-electron chi connectivity index (χ1n) is 6.48. The van der Waals surface area contributed by atoms with Crippen molar-refractivity contribution >= 4 is 11.9 Å². The highest BCUT2D eigenvalue weighted by Crippen LogP contribution is 2.12. The molecule has 1 unspecified atom stereocenters. The fourth-order valence-electron chi connectivity index (χ4n) is 2.07. The number of rotatable bonds is 3. The van der Waals surface area contributed by atoms with E-state index in [2.05, 4.69) is 15.5 Å². The van der Waals surface area contributed by atoms with Crippen molar-refractivity contribution in [3.63, 3.8) is 0 Å². The van der Waals surface area contributed by atoms with Crippen molar-refractivity contribution in [1.82, 2.24) is 15.5 Å². The zero-order chi connectivity index (χ0) is 12.7. The van der Waals surface area contributed by atoms with Gasteiger partial charge >= 0.3 is 6.03 Å². The summed E-state index contributed by atoms with van der Waals surface area (Å²) in [5.74, 6) is -0.210. The van der Waals surface area contributed by atoms with Crippen molar-refractivity contribution in [3.05, 3.63) is 0 Å². The van der Waals surface area contributed by atoms with Crippen LogP contribution in [-0.2, 0) is 4.79 Å². The van der Waals surface area contributed by atoms with Crippen LogP contribution in [0.15, 0.2) is 0 Å². The molecule has 1 atom stereocenters. The maximum atomic E-state index is 11.8. The summed E-state index contributed by atoms with van der Waals surface area (Å²) in [6.07, 6.45) is 4.75. The normalized spacial score (nSPS) is 19.2. The van der Waals surface area contributed by atoms with Gasteiger partial charge in [-0.25, -0.2) is 4.79 Å². The highest BCUT2D eigenvalue weighted by molar-refractivity contribution is 5.96. The largest absolute Gasteiger partial charge is 0.338 e. The van der Waals surface area contributed by atoms with Crippen LogP contribution in [0.4, 0.5) is 4.79 Å². The zero-order valence-corrected chi connectivity index (χ0v) is 10.8. The monoisotopic (exact) mass is 241 g/mol. The van der Waals surface area contributed by atoms with Gasteiger partial charge in [-0.15, -0.1) is 0 Å². The number of amides is 3. The van der Waals surface area contributed by atoms with Crippen molar-refractivity contribution in [2.24, 2.45) is 0 Å². The number of carbonyl (C=O) groups is 2. The summed E-state index contributed by atoms with van der Waals surface area (Å²) in [7, 11) is 0. The molecule has 0 radical (unpaired) electrons. The van der Waals surface area contributed by atoms with Gasteiger partial charge in [0.15, 0.2) is 0 Å². The Bertz CT molecular complexity index is 260. The maximum absolute atomic E-state index is 11.8. The van der Waals surface area contributed by atoms with Crippen molar-refractivity contribution in [2.45, 2.75) is 45.6 Å². The minimum absolute atomic E-state index is 0.210. The molecule has 1 aliphatic heterocycles. The summed E-state index contributed by atoms with van der Waals surface area (Å²) in [6, 6.07) is -0.630. The average Bonchev–Trinajstić information content (AvgIpc) is 2.56. The average molecular weight is 241 g/mol. The van der Waals surface area contributed by atoms with Crippen LogP contribution in [0.5, 0.6) is 0 Å². The highest BCUT2D eigenvalue weighted by Gasteiger charge is 2.23. The Kier molecular flexibility index (Phi) is 5.97. The van der Waals surface area contributed by atoms with E-state index in [0.29, 0.717) is 6.54 Å². The van der Waals surface area contributed by atoms with E-state index < -0.39 is 6.03 Å². The number of nitrogens with zero attached hydrogens (tertiary/aromatic N) is 1. The van der Waals surface area contributed by atoms with Crippen LogP contribution in [-0.4, -0.2) is 42.5 Å². The lowest BCUT2D eigenvalue weighted by Gasteiger charge is -2.26. The van der Waals surface area contributed by atoms with Crippen LogP contribution in [0.25, 0.3) is 0 Å². The van der Waals surface area contributed by atoms with Gasteiger partial charge in [0.1, 0.15) is 0 Å². The number of nitrogens with one attached hydrogen (secondary N) is 2. The van der Waals surface area contributed by atoms with E-state index in [1.807, 2.05) is 13.8 Å². The molecular formula is C12H23N3O2. The van der Waals surface area contributed by atoms with Crippen LogP contribution < -0.4 is 10.6 Å². The summed E-state index contributed by atoms with van der Waals surface area (Å²) in [5, 5.41) is 4.92. The van der Waals surface area contributed by atoms with Crippen molar-refractivity contribution in [3.8, 4) is 0 Å². The van der Waals surface area contributed by atoms with Crippen LogP contribution in [0.2, 0.25) is 0 Å². The Morgan fingerprint density at radius 1 is 1.18 bits per heavy atom. The molecule has 17 heavy (non-hydrogen) atoms. The van der Waals surface area contributed by atoms with E-state index in [9.17, 15) is 9.59 Å². The van der Waals surface area contributed by atoms with Crippen LogP contribution in [0.3, 0.4) is 0 Å². The third kappa shape index (κ3) is 4.73. The molecule has 0 aromatic heterocycles. The van der Waals surface area contributed by atoms with Gasteiger partial charge in [-0.3, -0.25) is 15.0 Å². The van der Waals surface area contributed by atoms with Gasteiger partial charge in [0.2, 0.25) is 5.91 Å². The minimum Gasteiger partial charge on any atom is -0.338 e. The zero-order valence-electron chi connectivity index (χ0n) is 10.8. The number of carbonyl (C=O) groups excluding carboxylic acids is 2. The van der Waals surface area contributed by atoms with Crippen molar-refractivity contribution in [2.75, 3.05) is 19.6 Å². The van der Waals surface area contributed by atoms with Crippen molar-refractivity contribution in [1.29, 1.82) is 0 Å². The molecule has 1 aliphatic rings. The van der Waals surface area contributed by atoms with Crippen LogP contribution in [0.1, 0.15) is 39.5 Å². The fourth-order valence-corrected chi connectivity index (χ4v) is 2.07.